The van der Waals surface area contributed by atoms with Crippen LogP contribution in [0.25, 0.3) is 0 Å². The van der Waals surface area contributed by atoms with Gasteiger partial charge in [-0.25, -0.2) is 0 Å². The number of methoxy groups -OCH3 is 1. The van der Waals surface area contributed by atoms with Crippen molar-refractivity contribution in [1.29, 1.82) is 0 Å². The number of hydrogen-bond acceptors (Lipinski definition) is 4. The molecule has 2 N–H and O–H groups in total. The lowest BCUT2D eigenvalue weighted by Gasteiger charge is -2.17. The van der Waals surface area contributed by atoms with Gasteiger partial charge in [-0.05, 0) is 37.0 Å². The molecule has 1 aromatic rings. The topological polar surface area (TPSA) is 67.8 Å². The summed E-state index contributed by atoms with van der Waals surface area (Å²) in [6.45, 7) is 6.97. The van der Waals surface area contributed by atoms with Crippen molar-refractivity contribution in [1.82, 2.24) is 5.32 Å². The predicted octanol–water partition coefficient (Wildman–Crippen LogP) is 2.68. The lowest BCUT2D eigenvalue weighted by atomic mass is 10.0. The number of carbonyl (C=O) groups is 1. The van der Waals surface area contributed by atoms with Crippen molar-refractivity contribution in [2.75, 3.05) is 13.7 Å². The normalized spacial score (nSPS) is 12.2. The van der Waals surface area contributed by atoms with Crippen LogP contribution in [0.4, 0.5) is 0 Å². The molecule has 0 bridgehead atoms. The summed E-state index contributed by atoms with van der Waals surface area (Å²) in [6, 6.07) is 5.08. The first kappa shape index (κ1) is 17.3. The molecule has 1 aromatic carbocycles. The van der Waals surface area contributed by atoms with Gasteiger partial charge in [0, 0.05) is 6.54 Å². The number of nitrogens with one attached hydrogen (secondary N) is 1. The van der Waals surface area contributed by atoms with Gasteiger partial charge in [-0.15, -0.1) is 0 Å². The summed E-state index contributed by atoms with van der Waals surface area (Å²) >= 11 is 0. The average molecular weight is 295 g/mol. The number of benzene rings is 1. The van der Waals surface area contributed by atoms with Gasteiger partial charge in [0.2, 0.25) is 0 Å². The van der Waals surface area contributed by atoms with Crippen LogP contribution in [0, 0.1) is 5.92 Å². The molecule has 0 heterocycles. The SMILES string of the molecule is CCOc1cc(CNC(CC(C)C)C(=O)O)ccc1OC. The van der Waals surface area contributed by atoms with Crippen molar-refractivity contribution in [3.63, 3.8) is 0 Å². The van der Waals surface area contributed by atoms with E-state index in [4.69, 9.17) is 9.47 Å². The second-order valence-electron chi connectivity index (χ2n) is 5.32. The van der Waals surface area contributed by atoms with Crippen molar-refractivity contribution >= 4 is 5.97 Å². The van der Waals surface area contributed by atoms with Crippen molar-refractivity contribution in [2.45, 2.75) is 39.8 Å². The van der Waals surface area contributed by atoms with Gasteiger partial charge in [0.25, 0.3) is 0 Å². The predicted molar refractivity (Wildman–Crippen MR) is 81.9 cm³/mol. The van der Waals surface area contributed by atoms with Crippen LogP contribution in [-0.2, 0) is 11.3 Å². The highest BCUT2D eigenvalue weighted by atomic mass is 16.5. The highest BCUT2D eigenvalue weighted by Crippen LogP contribution is 2.28. The van der Waals surface area contributed by atoms with Crippen LogP contribution in [0.1, 0.15) is 32.8 Å². The van der Waals surface area contributed by atoms with Gasteiger partial charge in [0.1, 0.15) is 6.04 Å². The van der Waals surface area contributed by atoms with Gasteiger partial charge >= 0.3 is 5.97 Å². The summed E-state index contributed by atoms with van der Waals surface area (Å²) in [5, 5.41) is 12.3. The van der Waals surface area contributed by atoms with Crippen molar-refractivity contribution < 1.29 is 19.4 Å². The Morgan fingerprint density at radius 1 is 1.33 bits per heavy atom. The maximum absolute atomic E-state index is 11.2. The van der Waals surface area contributed by atoms with Crippen LogP contribution in [0.5, 0.6) is 11.5 Å². The second-order valence-corrected chi connectivity index (χ2v) is 5.32. The molecule has 0 saturated heterocycles. The van der Waals surface area contributed by atoms with E-state index in [9.17, 15) is 9.90 Å². The quantitative estimate of drug-likeness (QED) is 0.733. The Kier molecular flexibility index (Phi) is 7.02. The summed E-state index contributed by atoms with van der Waals surface area (Å²) in [4.78, 5) is 11.2. The van der Waals surface area contributed by atoms with Crippen molar-refractivity contribution in [3.05, 3.63) is 23.8 Å². The van der Waals surface area contributed by atoms with Gasteiger partial charge in [0.15, 0.2) is 11.5 Å². The standard InChI is InChI=1S/C16H25NO4/c1-5-21-15-9-12(6-7-14(15)20-4)10-17-13(16(18)19)8-11(2)3/h6-7,9,11,13,17H,5,8,10H2,1-4H3,(H,18,19). The highest BCUT2D eigenvalue weighted by molar-refractivity contribution is 5.73. The van der Waals surface area contributed by atoms with Gasteiger partial charge in [-0.2, -0.15) is 0 Å². The fourth-order valence-corrected chi connectivity index (χ4v) is 2.08. The largest absolute Gasteiger partial charge is 0.493 e. The first-order valence-electron chi connectivity index (χ1n) is 7.23. The third-order valence-electron chi connectivity index (χ3n) is 3.09. The molecule has 21 heavy (non-hydrogen) atoms. The van der Waals surface area contributed by atoms with E-state index < -0.39 is 12.0 Å². The Hall–Kier alpha value is -1.75. The molecule has 0 saturated carbocycles. The number of aliphatic carboxylic acids is 1. The Labute approximate surface area is 126 Å². The molecule has 0 aliphatic rings. The minimum Gasteiger partial charge on any atom is -0.493 e. The zero-order chi connectivity index (χ0) is 15.8. The fourth-order valence-electron chi connectivity index (χ4n) is 2.08. The maximum Gasteiger partial charge on any atom is 0.320 e. The van der Waals surface area contributed by atoms with E-state index in [-0.39, 0.29) is 0 Å². The highest BCUT2D eigenvalue weighted by Gasteiger charge is 2.18. The number of ether oxygens (including phenoxy) is 2. The summed E-state index contributed by atoms with van der Waals surface area (Å²) < 4.78 is 10.7. The van der Waals surface area contributed by atoms with Crippen LogP contribution in [0.15, 0.2) is 18.2 Å². The molecule has 0 spiro atoms. The minimum absolute atomic E-state index is 0.327. The van der Waals surface area contributed by atoms with Crippen LogP contribution in [-0.4, -0.2) is 30.8 Å². The molecule has 0 radical (unpaired) electrons. The first-order chi connectivity index (χ1) is 9.97. The molecular weight excluding hydrogens is 270 g/mol. The molecule has 0 aromatic heterocycles. The molecular formula is C16H25NO4. The zero-order valence-corrected chi connectivity index (χ0v) is 13.2. The summed E-state index contributed by atoms with van der Waals surface area (Å²) in [6.07, 6.45) is 0.601. The monoisotopic (exact) mass is 295 g/mol. The molecule has 1 unspecified atom stereocenters. The first-order valence-corrected chi connectivity index (χ1v) is 7.23. The van der Waals surface area contributed by atoms with Crippen molar-refractivity contribution in [3.8, 4) is 11.5 Å². The van der Waals surface area contributed by atoms with Crippen LogP contribution >= 0.6 is 0 Å². The van der Waals surface area contributed by atoms with Gasteiger partial charge in [0.05, 0.1) is 13.7 Å². The van der Waals surface area contributed by atoms with E-state index in [2.05, 4.69) is 5.32 Å². The molecule has 5 heteroatoms. The third-order valence-corrected chi connectivity index (χ3v) is 3.09. The Morgan fingerprint density at radius 2 is 2.05 bits per heavy atom. The van der Waals surface area contributed by atoms with Gasteiger partial charge in [-0.1, -0.05) is 19.9 Å². The number of carboxylic acid groups (broad SMARTS) is 1. The van der Waals surface area contributed by atoms with E-state index in [0.29, 0.717) is 37.0 Å². The summed E-state index contributed by atoms with van der Waals surface area (Å²) in [7, 11) is 1.60. The molecule has 0 aliphatic carbocycles. The van der Waals surface area contributed by atoms with E-state index >= 15 is 0 Å². The average Bonchev–Trinajstić information content (AvgIpc) is 2.43. The lowest BCUT2D eigenvalue weighted by molar-refractivity contribution is -0.140. The molecule has 0 aliphatic heterocycles. The molecule has 0 fully saturated rings. The fraction of sp³-hybridized carbons (Fsp3) is 0.562. The smallest absolute Gasteiger partial charge is 0.320 e. The summed E-state index contributed by atoms with van der Waals surface area (Å²) in [5.74, 6) is 0.864. The lowest BCUT2D eigenvalue weighted by Crippen LogP contribution is -2.37. The van der Waals surface area contributed by atoms with Gasteiger partial charge in [-0.3, -0.25) is 4.79 Å². The minimum atomic E-state index is -0.817. The van der Waals surface area contributed by atoms with Crippen molar-refractivity contribution in [2.24, 2.45) is 5.92 Å². The Balaban J connectivity index is 2.73. The third kappa shape index (κ3) is 5.63. The van der Waals surface area contributed by atoms with Gasteiger partial charge < -0.3 is 19.9 Å². The number of carboxylic acids is 1. The zero-order valence-electron chi connectivity index (χ0n) is 13.2. The van der Waals surface area contributed by atoms with E-state index in [1.54, 1.807) is 7.11 Å². The number of rotatable bonds is 9. The molecule has 118 valence electrons. The Morgan fingerprint density at radius 3 is 2.57 bits per heavy atom. The molecule has 0 amide bonds. The molecule has 5 nitrogen and oxygen atoms in total. The van der Waals surface area contributed by atoms with Crippen LogP contribution in [0.3, 0.4) is 0 Å². The van der Waals surface area contributed by atoms with E-state index in [1.807, 2.05) is 39.0 Å². The number of hydrogen-bond donors (Lipinski definition) is 2. The van der Waals surface area contributed by atoms with E-state index in [0.717, 1.165) is 5.56 Å². The second kappa shape index (κ2) is 8.52. The Bertz CT molecular complexity index is 460. The van der Waals surface area contributed by atoms with E-state index in [1.165, 1.54) is 0 Å². The van der Waals surface area contributed by atoms with Crippen LogP contribution in [0.2, 0.25) is 0 Å². The molecule has 1 atom stereocenters. The van der Waals surface area contributed by atoms with Crippen LogP contribution < -0.4 is 14.8 Å². The molecule has 1 rings (SSSR count). The summed E-state index contributed by atoms with van der Waals surface area (Å²) in [5.41, 5.74) is 0.967. The maximum atomic E-state index is 11.2.